The van der Waals surface area contributed by atoms with Crippen LogP contribution in [0, 0.1) is 0 Å². The van der Waals surface area contributed by atoms with Gasteiger partial charge < -0.3 is 9.80 Å². The molecule has 1 heterocycles. The van der Waals surface area contributed by atoms with Gasteiger partial charge in [-0.2, -0.15) is 4.31 Å². The number of hydrogen-bond acceptors (Lipinski definition) is 4. The Kier molecular flexibility index (Phi) is 5.92. The van der Waals surface area contributed by atoms with Crippen LogP contribution in [0.1, 0.15) is 5.56 Å². The van der Waals surface area contributed by atoms with Gasteiger partial charge in [-0.15, -0.1) is 0 Å². The first-order valence-corrected chi connectivity index (χ1v) is 9.04. The van der Waals surface area contributed by atoms with Gasteiger partial charge in [0.05, 0.1) is 6.54 Å². The number of piperazine rings is 1. The van der Waals surface area contributed by atoms with Crippen LogP contribution in [-0.4, -0.2) is 75.2 Å². The van der Waals surface area contributed by atoms with Crippen molar-refractivity contribution in [1.29, 1.82) is 0 Å². The summed E-state index contributed by atoms with van der Waals surface area (Å²) in [4.78, 5) is 15.5. The third-order valence-corrected chi connectivity index (χ3v) is 5.20. The van der Waals surface area contributed by atoms with E-state index in [2.05, 4.69) is 0 Å². The van der Waals surface area contributed by atoms with E-state index in [-0.39, 0.29) is 5.91 Å². The molecule has 0 unspecified atom stereocenters. The van der Waals surface area contributed by atoms with E-state index in [0.29, 0.717) is 32.7 Å². The SMILES string of the molecule is CN(C)CC(=O)N1CCN(S(=O)(=O)/C=C/c2ccccc2)CC1. The predicted molar refractivity (Wildman–Crippen MR) is 91.1 cm³/mol. The molecular weight excluding hydrogens is 314 g/mol. The topological polar surface area (TPSA) is 60.9 Å². The van der Waals surface area contributed by atoms with Crippen LogP contribution in [0.25, 0.3) is 6.08 Å². The summed E-state index contributed by atoms with van der Waals surface area (Å²) in [7, 11) is 0.231. The molecule has 0 aliphatic carbocycles. The maximum Gasteiger partial charge on any atom is 0.236 e. The summed E-state index contributed by atoms with van der Waals surface area (Å²) >= 11 is 0. The van der Waals surface area contributed by atoms with Crippen molar-refractivity contribution in [1.82, 2.24) is 14.1 Å². The maximum absolute atomic E-state index is 12.3. The molecule has 1 fully saturated rings. The van der Waals surface area contributed by atoms with Crippen LogP contribution in [0.4, 0.5) is 0 Å². The highest BCUT2D eigenvalue weighted by Gasteiger charge is 2.27. The number of hydrogen-bond donors (Lipinski definition) is 0. The number of amides is 1. The fraction of sp³-hybridized carbons (Fsp3) is 0.438. The van der Waals surface area contributed by atoms with Gasteiger partial charge in [0.25, 0.3) is 0 Å². The van der Waals surface area contributed by atoms with Crippen molar-refractivity contribution >= 4 is 22.0 Å². The molecule has 6 nitrogen and oxygen atoms in total. The van der Waals surface area contributed by atoms with Crippen molar-refractivity contribution in [2.75, 3.05) is 46.8 Å². The maximum atomic E-state index is 12.3. The van der Waals surface area contributed by atoms with Gasteiger partial charge in [-0.3, -0.25) is 4.79 Å². The molecule has 7 heteroatoms. The molecule has 126 valence electrons. The van der Waals surface area contributed by atoms with Crippen molar-refractivity contribution in [3.05, 3.63) is 41.3 Å². The Morgan fingerprint density at radius 1 is 1.13 bits per heavy atom. The molecule has 1 aliphatic heterocycles. The number of rotatable bonds is 5. The summed E-state index contributed by atoms with van der Waals surface area (Å²) in [6.45, 7) is 1.89. The van der Waals surface area contributed by atoms with Crippen molar-refractivity contribution in [3.63, 3.8) is 0 Å². The Morgan fingerprint density at radius 3 is 2.30 bits per heavy atom. The van der Waals surface area contributed by atoms with Crippen LogP contribution >= 0.6 is 0 Å². The second-order valence-electron chi connectivity index (χ2n) is 5.78. The van der Waals surface area contributed by atoms with Crippen LogP contribution in [0.5, 0.6) is 0 Å². The van der Waals surface area contributed by atoms with E-state index in [4.69, 9.17) is 0 Å². The smallest absolute Gasteiger partial charge is 0.236 e. The van der Waals surface area contributed by atoms with Crippen molar-refractivity contribution in [2.24, 2.45) is 0 Å². The summed E-state index contributed by atoms with van der Waals surface area (Å²) in [5, 5.41) is 1.24. The quantitative estimate of drug-likeness (QED) is 0.793. The Hall–Kier alpha value is -1.70. The normalized spacial score (nSPS) is 17.1. The highest BCUT2D eigenvalue weighted by molar-refractivity contribution is 7.92. The van der Waals surface area contributed by atoms with E-state index in [1.54, 1.807) is 11.0 Å². The van der Waals surface area contributed by atoms with Gasteiger partial charge in [0.2, 0.25) is 15.9 Å². The molecular formula is C16H23N3O3S. The molecule has 23 heavy (non-hydrogen) atoms. The summed E-state index contributed by atoms with van der Waals surface area (Å²) in [5.41, 5.74) is 0.843. The first-order chi connectivity index (χ1) is 10.9. The Balaban J connectivity index is 1.93. The Labute approximate surface area is 138 Å². The van der Waals surface area contributed by atoms with Gasteiger partial charge in [0.1, 0.15) is 0 Å². The lowest BCUT2D eigenvalue weighted by atomic mass is 10.2. The van der Waals surface area contributed by atoms with E-state index in [1.807, 2.05) is 49.3 Å². The van der Waals surface area contributed by atoms with Gasteiger partial charge in [0, 0.05) is 31.6 Å². The van der Waals surface area contributed by atoms with Gasteiger partial charge in [-0.1, -0.05) is 30.3 Å². The zero-order valence-corrected chi connectivity index (χ0v) is 14.4. The van der Waals surface area contributed by atoms with Gasteiger partial charge in [-0.25, -0.2) is 8.42 Å². The molecule has 1 aromatic rings. The van der Waals surface area contributed by atoms with Crippen LogP contribution in [0.15, 0.2) is 35.7 Å². The Bertz CT molecular complexity index is 648. The number of carbonyl (C=O) groups excluding carboxylic acids is 1. The molecule has 1 saturated heterocycles. The summed E-state index contributed by atoms with van der Waals surface area (Å²) in [6.07, 6.45) is 1.60. The molecule has 0 aromatic heterocycles. The lowest BCUT2D eigenvalue weighted by Gasteiger charge is -2.33. The number of carbonyl (C=O) groups is 1. The van der Waals surface area contributed by atoms with Crippen molar-refractivity contribution < 1.29 is 13.2 Å². The molecule has 0 N–H and O–H groups in total. The molecule has 2 rings (SSSR count). The van der Waals surface area contributed by atoms with Gasteiger partial charge >= 0.3 is 0 Å². The van der Waals surface area contributed by atoms with Gasteiger partial charge in [-0.05, 0) is 25.7 Å². The average Bonchev–Trinajstić information content (AvgIpc) is 2.53. The number of benzene rings is 1. The molecule has 0 bridgehead atoms. The fourth-order valence-electron chi connectivity index (χ4n) is 2.38. The van der Waals surface area contributed by atoms with E-state index in [9.17, 15) is 13.2 Å². The molecule has 0 atom stereocenters. The number of likely N-dealkylation sites (N-methyl/N-ethyl adjacent to an activating group) is 1. The summed E-state index contributed by atoms with van der Waals surface area (Å²) < 4.78 is 26.1. The van der Waals surface area contributed by atoms with Crippen molar-refractivity contribution in [3.8, 4) is 0 Å². The molecule has 0 saturated carbocycles. The molecule has 1 amide bonds. The first-order valence-electron chi connectivity index (χ1n) is 7.54. The summed E-state index contributed by atoms with van der Waals surface area (Å²) in [6, 6.07) is 9.31. The lowest BCUT2D eigenvalue weighted by molar-refractivity contribution is -0.133. The summed E-state index contributed by atoms with van der Waals surface area (Å²) in [5.74, 6) is 0.0341. The zero-order chi connectivity index (χ0) is 16.9. The second kappa shape index (κ2) is 7.72. The zero-order valence-electron chi connectivity index (χ0n) is 13.6. The van der Waals surface area contributed by atoms with Crippen LogP contribution in [-0.2, 0) is 14.8 Å². The first kappa shape index (κ1) is 17.7. The third kappa shape index (κ3) is 5.16. The number of sulfonamides is 1. The van der Waals surface area contributed by atoms with E-state index >= 15 is 0 Å². The molecule has 0 spiro atoms. The minimum atomic E-state index is -3.45. The fourth-order valence-corrected chi connectivity index (χ4v) is 3.55. The largest absolute Gasteiger partial charge is 0.339 e. The standard InChI is InChI=1S/C16H23N3O3S/c1-17(2)14-16(20)18-9-11-19(12-10-18)23(21,22)13-8-15-6-4-3-5-7-15/h3-8,13H,9-12,14H2,1-2H3/b13-8+. The Morgan fingerprint density at radius 2 is 1.74 bits per heavy atom. The van der Waals surface area contributed by atoms with Crippen LogP contribution in [0.2, 0.25) is 0 Å². The average molecular weight is 337 g/mol. The van der Waals surface area contributed by atoms with E-state index in [0.717, 1.165) is 5.56 Å². The molecule has 0 radical (unpaired) electrons. The monoisotopic (exact) mass is 337 g/mol. The highest BCUT2D eigenvalue weighted by Crippen LogP contribution is 2.11. The predicted octanol–water partition coefficient (Wildman–Crippen LogP) is 0.693. The number of nitrogens with zero attached hydrogens (tertiary/aromatic N) is 3. The van der Waals surface area contributed by atoms with E-state index in [1.165, 1.54) is 9.71 Å². The third-order valence-electron chi connectivity index (χ3n) is 3.63. The minimum Gasteiger partial charge on any atom is -0.339 e. The lowest BCUT2D eigenvalue weighted by Crippen LogP contribution is -2.51. The van der Waals surface area contributed by atoms with Gasteiger partial charge in [0.15, 0.2) is 0 Å². The molecule has 1 aromatic carbocycles. The van der Waals surface area contributed by atoms with E-state index < -0.39 is 10.0 Å². The van der Waals surface area contributed by atoms with Crippen LogP contribution in [0.3, 0.4) is 0 Å². The molecule has 1 aliphatic rings. The van der Waals surface area contributed by atoms with Crippen LogP contribution < -0.4 is 0 Å². The minimum absolute atomic E-state index is 0.0341. The van der Waals surface area contributed by atoms with Crippen molar-refractivity contribution in [2.45, 2.75) is 0 Å². The second-order valence-corrected chi connectivity index (χ2v) is 7.59. The highest BCUT2D eigenvalue weighted by atomic mass is 32.2.